The van der Waals surface area contributed by atoms with Gasteiger partial charge >= 0.3 is 0 Å². The smallest absolute Gasteiger partial charge is 0.230 e. The number of rotatable bonds is 3. The van der Waals surface area contributed by atoms with Gasteiger partial charge in [0.1, 0.15) is 5.52 Å². The number of hydrogen-bond acceptors (Lipinski definition) is 7. The minimum Gasteiger partial charge on any atom is -0.459 e. The topological polar surface area (TPSA) is 109 Å². The van der Waals surface area contributed by atoms with E-state index in [1.807, 2.05) is 26.0 Å². The van der Waals surface area contributed by atoms with Gasteiger partial charge < -0.3 is 25.7 Å². The summed E-state index contributed by atoms with van der Waals surface area (Å²) in [7, 11) is 0. The Kier molecular flexibility index (Phi) is 4.54. The highest BCUT2D eigenvalue weighted by atomic mass is 16.3. The predicted octanol–water partition coefficient (Wildman–Crippen LogP) is 2.90. The molecule has 0 aromatic carbocycles. The Morgan fingerprint density at radius 3 is 3.03 bits per heavy atom. The van der Waals surface area contributed by atoms with Crippen molar-refractivity contribution in [1.29, 1.82) is 0 Å². The molecule has 3 aliphatic rings. The van der Waals surface area contributed by atoms with Crippen molar-refractivity contribution >= 4 is 28.8 Å². The van der Waals surface area contributed by atoms with E-state index in [0.29, 0.717) is 11.5 Å². The van der Waals surface area contributed by atoms with Crippen LogP contribution < -0.4 is 21.3 Å². The van der Waals surface area contributed by atoms with Crippen molar-refractivity contribution in [3.05, 3.63) is 35.9 Å². The molecule has 2 aromatic rings. The van der Waals surface area contributed by atoms with Gasteiger partial charge in [-0.25, -0.2) is 4.98 Å². The summed E-state index contributed by atoms with van der Waals surface area (Å²) in [5.74, 6) is 1.59. The van der Waals surface area contributed by atoms with E-state index in [2.05, 4.69) is 26.6 Å². The van der Waals surface area contributed by atoms with E-state index in [1.165, 1.54) is 0 Å². The predicted molar refractivity (Wildman–Crippen MR) is 116 cm³/mol. The summed E-state index contributed by atoms with van der Waals surface area (Å²) in [4.78, 5) is 23.9. The van der Waals surface area contributed by atoms with Crippen LogP contribution in [0.4, 0.5) is 11.8 Å². The highest BCUT2D eigenvalue weighted by Crippen LogP contribution is 2.42. The van der Waals surface area contributed by atoms with Crippen LogP contribution in [0.5, 0.6) is 0 Å². The van der Waals surface area contributed by atoms with Crippen molar-refractivity contribution in [2.24, 2.45) is 17.1 Å². The molecular weight excluding hydrogens is 380 g/mol. The normalized spacial score (nSPS) is 26.0. The summed E-state index contributed by atoms with van der Waals surface area (Å²) >= 11 is 0. The Bertz CT molecular complexity index is 1050. The Labute approximate surface area is 175 Å². The van der Waals surface area contributed by atoms with E-state index < -0.39 is 0 Å². The number of nitrogens with two attached hydrogens (primary N) is 1. The molecule has 2 saturated heterocycles. The van der Waals surface area contributed by atoms with E-state index in [0.717, 1.165) is 61.5 Å². The lowest BCUT2D eigenvalue weighted by molar-refractivity contribution is -0.127. The second-order valence-electron chi connectivity index (χ2n) is 9.03. The Hall–Kier alpha value is -2.87. The summed E-state index contributed by atoms with van der Waals surface area (Å²) in [5, 5.41) is 6.37. The third-order valence-corrected chi connectivity index (χ3v) is 6.59. The highest BCUT2D eigenvalue weighted by molar-refractivity contribution is 5.88. The fourth-order valence-electron chi connectivity index (χ4n) is 4.62. The molecule has 8 heteroatoms. The number of anilines is 2. The van der Waals surface area contributed by atoms with Crippen LogP contribution in [-0.2, 0) is 4.79 Å². The minimum absolute atomic E-state index is 0.0751. The molecule has 30 heavy (non-hydrogen) atoms. The molecule has 4 N–H and O–H groups in total. The number of hydrogen-bond donors (Lipinski definition) is 3. The van der Waals surface area contributed by atoms with Crippen LogP contribution in [0, 0.1) is 11.3 Å². The Morgan fingerprint density at radius 2 is 2.17 bits per heavy atom. The van der Waals surface area contributed by atoms with Gasteiger partial charge in [0, 0.05) is 42.5 Å². The van der Waals surface area contributed by atoms with Gasteiger partial charge in [-0.05, 0) is 31.8 Å². The average molecular weight is 409 g/mol. The number of carbonyl (C=O) groups excluding carboxylic acids is 1. The second kappa shape index (κ2) is 7.12. The van der Waals surface area contributed by atoms with Crippen molar-refractivity contribution in [1.82, 2.24) is 15.3 Å². The Morgan fingerprint density at radius 1 is 1.30 bits per heavy atom. The van der Waals surface area contributed by atoms with E-state index in [-0.39, 0.29) is 23.3 Å². The number of carbonyl (C=O) groups is 1. The van der Waals surface area contributed by atoms with Crippen LogP contribution in [0.1, 0.15) is 39.5 Å². The first-order valence-electron chi connectivity index (χ1n) is 10.7. The standard InChI is InChI=1S/C22H28N6O2/c1-22(2)15-6-5-14(12-17(15)25-20(22)29)24-21-26-16-8-11-30-18(16)19(27-21)28-9-3-4-13(23)7-10-28/h5,8,11-13,15H,3-4,6-7,9-10,23H2,1-2H3,(H,25,29)(H,24,26,27). The van der Waals surface area contributed by atoms with E-state index in [1.54, 1.807) is 6.26 Å². The molecule has 4 heterocycles. The molecule has 0 radical (unpaired) electrons. The summed E-state index contributed by atoms with van der Waals surface area (Å²) in [6, 6.07) is 2.10. The van der Waals surface area contributed by atoms with Gasteiger partial charge in [-0.1, -0.05) is 19.9 Å². The van der Waals surface area contributed by atoms with Crippen LogP contribution in [0.3, 0.4) is 0 Å². The van der Waals surface area contributed by atoms with Crippen molar-refractivity contribution in [3.63, 3.8) is 0 Å². The molecule has 1 aliphatic carbocycles. The van der Waals surface area contributed by atoms with Crippen molar-refractivity contribution in [2.75, 3.05) is 23.3 Å². The van der Waals surface area contributed by atoms with E-state index in [4.69, 9.17) is 15.1 Å². The fourth-order valence-corrected chi connectivity index (χ4v) is 4.62. The van der Waals surface area contributed by atoms with Gasteiger partial charge in [-0.3, -0.25) is 4.79 Å². The number of aromatic nitrogens is 2. The molecule has 0 spiro atoms. The molecule has 2 aliphatic heterocycles. The SMILES string of the molecule is CC1(C)C(=O)NC2=CC(Nc3nc(N4CCCC(N)CC4)c4occc4n3)=CCC21. The van der Waals surface area contributed by atoms with E-state index >= 15 is 0 Å². The zero-order valence-electron chi connectivity index (χ0n) is 17.4. The molecule has 158 valence electrons. The van der Waals surface area contributed by atoms with Gasteiger partial charge in [-0.15, -0.1) is 0 Å². The highest BCUT2D eigenvalue weighted by Gasteiger charge is 2.45. The van der Waals surface area contributed by atoms with Crippen LogP contribution in [0.2, 0.25) is 0 Å². The first-order chi connectivity index (χ1) is 14.4. The summed E-state index contributed by atoms with van der Waals surface area (Å²) < 4.78 is 5.71. The van der Waals surface area contributed by atoms with Gasteiger partial charge in [0.05, 0.1) is 11.7 Å². The van der Waals surface area contributed by atoms with Gasteiger partial charge in [0.2, 0.25) is 11.9 Å². The maximum Gasteiger partial charge on any atom is 0.230 e. The van der Waals surface area contributed by atoms with Crippen molar-refractivity contribution in [2.45, 2.75) is 45.6 Å². The largest absolute Gasteiger partial charge is 0.459 e. The number of furan rings is 1. The summed E-state index contributed by atoms with van der Waals surface area (Å²) in [6.45, 7) is 5.74. The molecule has 5 rings (SSSR count). The molecular formula is C22H28N6O2. The second-order valence-corrected chi connectivity index (χ2v) is 9.03. The molecule has 8 nitrogen and oxygen atoms in total. The lowest BCUT2D eigenvalue weighted by Crippen LogP contribution is -2.28. The van der Waals surface area contributed by atoms with Crippen LogP contribution >= 0.6 is 0 Å². The minimum atomic E-state index is -0.388. The third-order valence-electron chi connectivity index (χ3n) is 6.59. The van der Waals surface area contributed by atoms with E-state index in [9.17, 15) is 4.79 Å². The lowest BCUT2D eigenvalue weighted by atomic mass is 9.76. The van der Waals surface area contributed by atoms with Crippen molar-refractivity contribution < 1.29 is 9.21 Å². The molecule has 2 fully saturated rings. The first-order valence-corrected chi connectivity index (χ1v) is 10.7. The molecule has 2 aromatic heterocycles. The number of allylic oxidation sites excluding steroid dienone is 3. The summed E-state index contributed by atoms with van der Waals surface area (Å²) in [6.07, 6.45) is 9.55. The molecule has 1 amide bonds. The molecule has 0 saturated carbocycles. The zero-order chi connectivity index (χ0) is 20.9. The van der Waals surface area contributed by atoms with Gasteiger partial charge in [-0.2, -0.15) is 4.98 Å². The molecule has 2 atom stereocenters. The quantitative estimate of drug-likeness (QED) is 0.716. The van der Waals surface area contributed by atoms with Crippen LogP contribution in [0.25, 0.3) is 11.1 Å². The number of nitrogens with one attached hydrogen (secondary N) is 2. The Balaban J connectivity index is 1.43. The molecule has 0 bridgehead atoms. The average Bonchev–Trinajstić information content (AvgIpc) is 3.18. The maximum atomic E-state index is 12.3. The number of fused-ring (bicyclic) bond motifs is 2. The van der Waals surface area contributed by atoms with Crippen molar-refractivity contribution in [3.8, 4) is 0 Å². The summed E-state index contributed by atoms with van der Waals surface area (Å²) in [5.41, 5.74) is 9.10. The number of nitrogens with zero attached hydrogens (tertiary/aromatic N) is 3. The van der Waals surface area contributed by atoms with Crippen LogP contribution in [-0.4, -0.2) is 35.0 Å². The van der Waals surface area contributed by atoms with Gasteiger partial charge in [0.15, 0.2) is 11.4 Å². The monoisotopic (exact) mass is 408 g/mol. The van der Waals surface area contributed by atoms with Gasteiger partial charge in [0.25, 0.3) is 0 Å². The fraction of sp³-hybridized carbons (Fsp3) is 0.500. The number of amides is 1. The molecule has 2 unspecified atom stereocenters. The van der Waals surface area contributed by atoms with Crippen LogP contribution in [0.15, 0.2) is 40.3 Å². The maximum absolute atomic E-state index is 12.3. The lowest BCUT2D eigenvalue weighted by Gasteiger charge is -2.25. The zero-order valence-corrected chi connectivity index (χ0v) is 17.4. The third kappa shape index (κ3) is 3.25. The first kappa shape index (κ1) is 19.1.